The maximum absolute atomic E-state index is 14.7. The second-order valence-corrected chi connectivity index (χ2v) is 15.1. The summed E-state index contributed by atoms with van der Waals surface area (Å²) in [6.45, 7) is 8.60. The van der Waals surface area contributed by atoms with Crippen LogP contribution in [0.2, 0.25) is 0 Å². The molecule has 283 valence electrons. The number of carbonyl (C=O) groups excluding carboxylic acids is 2. The van der Waals surface area contributed by atoms with E-state index in [0.717, 1.165) is 5.56 Å². The first-order valence-corrected chi connectivity index (χ1v) is 17.5. The minimum Gasteiger partial charge on any atom is -0.456 e. The molecule has 5 N–H and O–H groups in total. The van der Waals surface area contributed by atoms with E-state index in [0.29, 0.717) is 16.7 Å². The van der Waals surface area contributed by atoms with Gasteiger partial charge in [-0.3, -0.25) is 4.79 Å². The molecule has 5 rings (SSSR count). The van der Waals surface area contributed by atoms with Crippen molar-refractivity contribution in [3.63, 3.8) is 0 Å². The molecule has 0 amide bonds. The first-order chi connectivity index (χ1) is 24.0. The van der Waals surface area contributed by atoms with Gasteiger partial charge in [0.05, 0.1) is 30.3 Å². The Morgan fingerprint density at radius 3 is 2.21 bits per heavy atom. The van der Waals surface area contributed by atoms with E-state index < -0.39 is 76.5 Å². The molecule has 2 fully saturated rings. The zero-order chi connectivity index (χ0) is 37.4. The molecule has 1 saturated carbocycles. The van der Waals surface area contributed by atoms with E-state index in [2.05, 4.69) is 5.32 Å². The molecule has 2 aromatic carbocycles. The molecule has 2 aromatic rings. The van der Waals surface area contributed by atoms with E-state index in [1.807, 2.05) is 36.4 Å². The van der Waals surface area contributed by atoms with Crippen molar-refractivity contribution in [3.05, 3.63) is 82.9 Å². The van der Waals surface area contributed by atoms with Crippen LogP contribution >= 0.6 is 0 Å². The molecule has 10 unspecified atom stereocenters. The Morgan fingerprint density at radius 2 is 1.65 bits per heavy atom. The number of nitrogens with one attached hydrogen (secondary N) is 1. The summed E-state index contributed by atoms with van der Waals surface area (Å²) in [4.78, 5) is 39.8. The van der Waals surface area contributed by atoms with Gasteiger partial charge in [0.25, 0.3) is 0 Å². The number of Topliss-reactive ketones (excluding diaryl/α,β-unsaturated/α-hetero) is 1. The molecule has 0 spiro atoms. The third-order valence-corrected chi connectivity index (χ3v) is 11.7. The van der Waals surface area contributed by atoms with Crippen molar-refractivity contribution in [2.24, 2.45) is 10.8 Å². The summed E-state index contributed by atoms with van der Waals surface area (Å²) in [6.07, 6.45) is -6.97. The van der Waals surface area contributed by atoms with Gasteiger partial charge in [0, 0.05) is 69.4 Å². The van der Waals surface area contributed by atoms with Crippen LogP contribution in [0.5, 0.6) is 0 Å². The van der Waals surface area contributed by atoms with Gasteiger partial charge in [-0.1, -0.05) is 74.5 Å². The van der Waals surface area contributed by atoms with E-state index >= 15 is 0 Å². The van der Waals surface area contributed by atoms with E-state index in [-0.39, 0.29) is 76.5 Å². The van der Waals surface area contributed by atoms with Crippen LogP contribution in [0.3, 0.4) is 0 Å². The van der Waals surface area contributed by atoms with Crippen molar-refractivity contribution in [1.29, 1.82) is 0 Å². The minimum atomic E-state index is -1.83. The van der Waals surface area contributed by atoms with Crippen molar-refractivity contribution < 1.29 is 98.1 Å². The molecule has 13 heteroatoms. The predicted molar refractivity (Wildman–Crippen MR) is 186 cm³/mol. The second-order valence-electron chi connectivity index (χ2n) is 15.1. The Morgan fingerprint density at radius 1 is 1.04 bits per heavy atom. The van der Waals surface area contributed by atoms with Gasteiger partial charge < -0.3 is 40.0 Å². The Bertz CT molecular complexity index is 1570. The number of hydrogen-bond acceptors (Lipinski definition) is 12. The maximum Gasteiger partial charge on any atom is 0.337 e. The number of likely N-dealkylation sites (N-methyl/N-ethyl adjacent to an activating group) is 1. The molecule has 10 atom stereocenters. The molecule has 1 radical (unpaired) electrons. The number of ether oxygens (including phenoxy) is 3. The van der Waals surface area contributed by atoms with Gasteiger partial charge in [-0.05, 0) is 56.5 Å². The number of ketones is 1. The van der Waals surface area contributed by atoms with Crippen LogP contribution in [0.4, 0.5) is 0 Å². The number of fused-ring (bicyclic) bond motifs is 1. The van der Waals surface area contributed by atoms with Gasteiger partial charge in [0.1, 0.15) is 36.1 Å². The largest absolute Gasteiger partial charge is 0.456 e. The van der Waals surface area contributed by atoms with Crippen LogP contribution in [0.25, 0.3) is 0 Å². The average molecular weight is 939 g/mol. The monoisotopic (exact) mass is 938 g/mol. The molecule has 0 bridgehead atoms. The fourth-order valence-electron chi connectivity index (χ4n) is 8.27. The van der Waals surface area contributed by atoms with Crippen molar-refractivity contribution in [2.75, 3.05) is 20.8 Å². The first kappa shape index (κ1) is 43.1. The molecule has 1 heterocycles. The quantitative estimate of drug-likeness (QED) is 0.0813. The second kappa shape index (κ2) is 17.0. The SMILES string of the molecule is CNC(c1ccccc1)C(O)C(=O)OC1CC(O)(C(C)OOCc2ccccc2)C(C)(C)C(C(OC)C(=O)C2(C)CC3(O)COC3CC2O)=C1C.[Ac]. The van der Waals surface area contributed by atoms with Gasteiger partial charge in [-0.15, -0.1) is 0 Å². The van der Waals surface area contributed by atoms with Crippen LogP contribution in [-0.2, 0) is 40.2 Å². The summed E-state index contributed by atoms with van der Waals surface area (Å²) in [7, 11) is 2.98. The third-order valence-electron chi connectivity index (χ3n) is 11.7. The number of benzene rings is 2. The Balaban J connectivity index is 0.00000605. The number of methoxy groups -OCH3 is 1. The molecule has 0 aromatic heterocycles. The summed E-state index contributed by atoms with van der Waals surface area (Å²) >= 11 is 0. The number of rotatable bonds is 14. The Labute approximate surface area is 341 Å². The standard InChI is InChI=1S/C39H53NO11.Ac/c1-23-27(50-35(44)32(42)31(40-6)26-16-12-9-13-17-26)19-39(46,24(2)51-49-20-25-14-10-8-11-15-25)36(3,4)30(23)33(47-7)34(43)37(5)21-38(45)22-48-29(38)18-28(37)41;/h8-17,24,27-29,31-33,40-42,45-46H,18-22H2,1-7H3;. The predicted octanol–water partition coefficient (Wildman–Crippen LogP) is 3.11. The topological polar surface area (TPSA) is 173 Å². The fourth-order valence-corrected chi connectivity index (χ4v) is 8.27. The van der Waals surface area contributed by atoms with E-state index in [9.17, 15) is 30.0 Å². The van der Waals surface area contributed by atoms with Crippen LogP contribution in [-0.4, -0.2) is 101 Å². The van der Waals surface area contributed by atoms with E-state index in [1.54, 1.807) is 65.9 Å². The van der Waals surface area contributed by atoms with Crippen molar-refractivity contribution in [3.8, 4) is 0 Å². The summed E-state index contributed by atoms with van der Waals surface area (Å²) in [6, 6.07) is 17.5. The Hall–Kier alpha value is -1.60. The number of hydrogen-bond donors (Lipinski definition) is 5. The Kier molecular flexibility index (Phi) is 14.1. The summed E-state index contributed by atoms with van der Waals surface area (Å²) in [5, 5.41) is 49.4. The van der Waals surface area contributed by atoms with E-state index in [4.69, 9.17) is 24.0 Å². The summed E-state index contributed by atoms with van der Waals surface area (Å²) < 4.78 is 17.4. The van der Waals surface area contributed by atoms with Gasteiger partial charge in [-0.2, -0.15) is 0 Å². The smallest absolute Gasteiger partial charge is 0.337 e. The van der Waals surface area contributed by atoms with Gasteiger partial charge >= 0.3 is 5.97 Å². The number of aliphatic hydroxyl groups is 4. The number of aliphatic hydroxyl groups excluding tert-OH is 2. The van der Waals surface area contributed by atoms with Crippen LogP contribution in [0.1, 0.15) is 71.0 Å². The normalized spacial score (nSPS) is 31.9. The van der Waals surface area contributed by atoms with Gasteiger partial charge in [0.2, 0.25) is 0 Å². The molecular weight excluding hydrogens is 885 g/mol. The molecule has 1 aliphatic heterocycles. The van der Waals surface area contributed by atoms with Crippen LogP contribution in [0.15, 0.2) is 71.8 Å². The molecule has 12 nitrogen and oxygen atoms in total. The van der Waals surface area contributed by atoms with E-state index in [1.165, 1.54) is 7.11 Å². The summed E-state index contributed by atoms with van der Waals surface area (Å²) in [5.41, 5.74) is -3.52. The zero-order valence-corrected chi connectivity index (χ0v) is 35.8. The van der Waals surface area contributed by atoms with Crippen molar-refractivity contribution in [2.45, 2.75) is 114 Å². The number of carbonyl (C=O) groups is 2. The minimum absolute atomic E-state index is 0. The average Bonchev–Trinajstić information content (AvgIpc) is 3.11. The first-order valence-electron chi connectivity index (χ1n) is 17.5. The van der Waals surface area contributed by atoms with Crippen molar-refractivity contribution >= 4 is 11.8 Å². The van der Waals surface area contributed by atoms with Gasteiger partial charge in [0.15, 0.2) is 11.9 Å². The molecule has 52 heavy (non-hydrogen) atoms. The van der Waals surface area contributed by atoms with Crippen LogP contribution in [0, 0.1) is 54.9 Å². The molecule has 2 aliphatic carbocycles. The van der Waals surface area contributed by atoms with Crippen LogP contribution < -0.4 is 5.32 Å². The van der Waals surface area contributed by atoms with Crippen molar-refractivity contribution in [1.82, 2.24) is 5.32 Å². The zero-order valence-electron chi connectivity index (χ0n) is 31.1. The summed E-state index contributed by atoms with van der Waals surface area (Å²) in [5.74, 6) is -1.44. The third kappa shape index (κ3) is 8.03. The molecule has 1 saturated heterocycles. The fraction of sp³-hybridized carbons (Fsp3) is 0.590. The molecular formula is C39H53AcNO11. The number of esters is 1. The maximum atomic E-state index is 14.7. The molecule has 3 aliphatic rings. The van der Waals surface area contributed by atoms with Gasteiger partial charge in [-0.25, -0.2) is 14.6 Å².